The molecular formula is C27H36O7. The number of fused-ring (bicyclic) bond motifs is 2. The Morgan fingerprint density at radius 2 is 0.882 bits per heavy atom. The normalized spacial score (nSPS) is 11.6. The molecule has 0 saturated carbocycles. The van der Waals surface area contributed by atoms with Crippen LogP contribution in [0.1, 0.15) is 5.56 Å². The number of hydrogen-bond donors (Lipinski definition) is 1. The molecule has 0 amide bonds. The van der Waals surface area contributed by atoms with Crippen LogP contribution in [0.2, 0.25) is 0 Å². The van der Waals surface area contributed by atoms with Crippen molar-refractivity contribution in [1.82, 2.24) is 0 Å². The summed E-state index contributed by atoms with van der Waals surface area (Å²) in [6.45, 7) is 6.16. The van der Waals surface area contributed by atoms with Crippen LogP contribution in [0.25, 0.3) is 21.5 Å². The van der Waals surface area contributed by atoms with Crippen molar-refractivity contribution in [3.8, 4) is 0 Å². The van der Waals surface area contributed by atoms with E-state index in [-0.39, 0.29) is 6.61 Å². The minimum Gasteiger partial charge on any atom is -0.394 e. The Hall–Kier alpha value is -2.10. The van der Waals surface area contributed by atoms with Crippen LogP contribution in [0, 0.1) is 0 Å². The standard InChI is InChI=1S/C27H36O7/c28-7-8-29-9-10-30-11-12-31-13-14-32-15-16-33-17-18-34-22-23-5-6-26-20-24-3-1-2-4-25(24)21-27(26)19-23/h1-6,19-21,28H,7-18,22H2. The maximum Gasteiger partial charge on any atom is 0.0718 e. The molecule has 0 saturated heterocycles. The molecule has 0 aromatic heterocycles. The van der Waals surface area contributed by atoms with Gasteiger partial charge in [-0.1, -0.05) is 36.4 Å². The van der Waals surface area contributed by atoms with Crippen molar-refractivity contribution in [1.29, 1.82) is 0 Å². The summed E-state index contributed by atoms with van der Waals surface area (Å²) in [4.78, 5) is 0. The third-order valence-electron chi connectivity index (χ3n) is 5.13. The Kier molecular flexibility index (Phi) is 12.9. The molecule has 3 rings (SSSR count). The lowest BCUT2D eigenvalue weighted by atomic mass is 10.0. The van der Waals surface area contributed by atoms with Gasteiger partial charge in [0.05, 0.1) is 85.9 Å². The quantitative estimate of drug-likeness (QED) is 0.211. The van der Waals surface area contributed by atoms with Crippen LogP contribution in [0.15, 0.2) is 54.6 Å². The van der Waals surface area contributed by atoms with Gasteiger partial charge in [-0.3, -0.25) is 0 Å². The molecular weight excluding hydrogens is 436 g/mol. The Morgan fingerprint density at radius 3 is 1.41 bits per heavy atom. The zero-order chi connectivity index (χ0) is 23.7. The van der Waals surface area contributed by atoms with Gasteiger partial charge in [-0.15, -0.1) is 0 Å². The van der Waals surface area contributed by atoms with Crippen molar-refractivity contribution in [2.45, 2.75) is 6.61 Å². The molecule has 0 aliphatic heterocycles. The Labute approximate surface area is 201 Å². The van der Waals surface area contributed by atoms with Gasteiger partial charge in [-0.25, -0.2) is 0 Å². The largest absolute Gasteiger partial charge is 0.394 e. The zero-order valence-corrected chi connectivity index (χ0v) is 19.8. The Morgan fingerprint density at radius 1 is 0.441 bits per heavy atom. The molecule has 7 heteroatoms. The molecule has 0 fully saturated rings. The molecule has 3 aromatic carbocycles. The highest BCUT2D eigenvalue weighted by molar-refractivity contribution is 5.98. The van der Waals surface area contributed by atoms with E-state index in [1.807, 2.05) is 0 Å². The number of aliphatic hydroxyl groups excluding tert-OH is 1. The molecule has 34 heavy (non-hydrogen) atoms. The second-order valence-corrected chi connectivity index (χ2v) is 7.72. The summed E-state index contributed by atoms with van der Waals surface area (Å²) >= 11 is 0. The van der Waals surface area contributed by atoms with Crippen LogP contribution in [-0.4, -0.2) is 84.4 Å². The lowest BCUT2D eigenvalue weighted by molar-refractivity contribution is -0.0190. The van der Waals surface area contributed by atoms with E-state index < -0.39 is 0 Å². The number of ether oxygens (including phenoxy) is 6. The third kappa shape index (κ3) is 10.0. The SMILES string of the molecule is OCCOCCOCCOCCOCCOCCOCc1ccc2cc3ccccc3cc2c1. The van der Waals surface area contributed by atoms with Crippen LogP contribution in [0.5, 0.6) is 0 Å². The monoisotopic (exact) mass is 472 g/mol. The predicted molar refractivity (Wildman–Crippen MR) is 132 cm³/mol. The number of aliphatic hydroxyl groups is 1. The molecule has 0 unspecified atom stereocenters. The summed E-state index contributed by atoms with van der Waals surface area (Å²) in [6, 6.07) is 19.3. The van der Waals surface area contributed by atoms with Crippen molar-refractivity contribution in [3.63, 3.8) is 0 Å². The van der Waals surface area contributed by atoms with Gasteiger partial charge < -0.3 is 33.5 Å². The van der Waals surface area contributed by atoms with Crippen LogP contribution in [-0.2, 0) is 35.0 Å². The summed E-state index contributed by atoms with van der Waals surface area (Å²) in [6.07, 6.45) is 0. The molecule has 0 aliphatic rings. The van der Waals surface area contributed by atoms with Crippen LogP contribution in [0.3, 0.4) is 0 Å². The predicted octanol–water partition coefficient (Wildman–Crippen LogP) is 3.58. The van der Waals surface area contributed by atoms with Crippen molar-refractivity contribution >= 4 is 21.5 Å². The fourth-order valence-corrected chi connectivity index (χ4v) is 3.43. The van der Waals surface area contributed by atoms with Crippen LogP contribution >= 0.6 is 0 Å². The summed E-state index contributed by atoms with van der Waals surface area (Å²) in [5, 5.41) is 13.6. The first-order chi connectivity index (χ1) is 16.9. The van der Waals surface area contributed by atoms with E-state index in [1.165, 1.54) is 21.5 Å². The van der Waals surface area contributed by atoms with E-state index in [1.54, 1.807) is 0 Å². The molecule has 0 heterocycles. The first kappa shape index (κ1) is 26.5. The van der Waals surface area contributed by atoms with E-state index in [9.17, 15) is 0 Å². The highest BCUT2D eigenvalue weighted by Gasteiger charge is 2.01. The molecule has 186 valence electrons. The maximum atomic E-state index is 8.57. The first-order valence-corrected chi connectivity index (χ1v) is 11.9. The molecule has 0 aliphatic carbocycles. The van der Waals surface area contributed by atoms with Gasteiger partial charge in [0.15, 0.2) is 0 Å². The summed E-state index contributed by atoms with van der Waals surface area (Å²) in [7, 11) is 0. The molecule has 0 spiro atoms. The lowest BCUT2D eigenvalue weighted by Crippen LogP contribution is -2.14. The minimum atomic E-state index is 0.0339. The average molecular weight is 473 g/mol. The molecule has 7 nitrogen and oxygen atoms in total. The number of hydrogen-bond acceptors (Lipinski definition) is 7. The molecule has 0 radical (unpaired) electrons. The van der Waals surface area contributed by atoms with E-state index in [4.69, 9.17) is 33.5 Å². The highest BCUT2D eigenvalue weighted by atomic mass is 16.6. The van der Waals surface area contributed by atoms with Gasteiger partial charge in [0.25, 0.3) is 0 Å². The minimum absolute atomic E-state index is 0.0339. The van der Waals surface area contributed by atoms with Crippen molar-refractivity contribution in [2.75, 3.05) is 79.3 Å². The van der Waals surface area contributed by atoms with Gasteiger partial charge in [0, 0.05) is 0 Å². The fraction of sp³-hybridized carbons (Fsp3) is 0.481. The Balaban J connectivity index is 1.14. The molecule has 1 N–H and O–H groups in total. The summed E-state index contributed by atoms with van der Waals surface area (Å²) in [5.74, 6) is 0. The van der Waals surface area contributed by atoms with Gasteiger partial charge in [-0.05, 0) is 45.3 Å². The van der Waals surface area contributed by atoms with Crippen molar-refractivity contribution < 1.29 is 33.5 Å². The number of rotatable bonds is 19. The van der Waals surface area contributed by atoms with Gasteiger partial charge in [-0.2, -0.15) is 0 Å². The van der Waals surface area contributed by atoms with Gasteiger partial charge in [0.1, 0.15) is 0 Å². The van der Waals surface area contributed by atoms with Gasteiger partial charge in [0.2, 0.25) is 0 Å². The van der Waals surface area contributed by atoms with E-state index in [0.717, 1.165) is 5.56 Å². The van der Waals surface area contributed by atoms with E-state index in [2.05, 4.69) is 54.6 Å². The number of benzene rings is 3. The Bertz CT molecular complexity index is 947. The first-order valence-electron chi connectivity index (χ1n) is 11.9. The van der Waals surface area contributed by atoms with Crippen molar-refractivity contribution in [2.24, 2.45) is 0 Å². The second-order valence-electron chi connectivity index (χ2n) is 7.72. The topological polar surface area (TPSA) is 75.6 Å². The lowest BCUT2D eigenvalue weighted by Gasteiger charge is -2.09. The van der Waals surface area contributed by atoms with Crippen LogP contribution < -0.4 is 0 Å². The fourth-order valence-electron chi connectivity index (χ4n) is 3.43. The van der Waals surface area contributed by atoms with Crippen LogP contribution in [0.4, 0.5) is 0 Å². The van der Waals surface area contributed by atoms with Gasteiger partial charge >= 0.3 is 0 Å². The van der Waals surface area contributed by atoms with E-state index >= 15 is 0 Å². The molecule has 0 atom stereocenters. The van der Waals surface area contributed by atoms with E-state index in [0.29, 0.717) is 79.3 Å². The molecule has 0 bridgehead atoms. The smallest absolute Gasteiger partial charge is 0.0718 e. The average Bonchev–Trinajstić information content (AvgIpc) is 2.86. The highest BCUT2D eigenvalue weighted by Crippen LogP contribution is 2.24. The zero-order valence-electron chi connectivity index (χ0n) is 19.8. The maximum absolute atomic E-state index is 8.57. The summed E-state index contributed by atoms with van der Waals surface area (Å²) in [5.41, 5.74) is 1.16. The molecule has 3 aromatic rings. The van der Waals surface area contributed by atoms with Crippen molar-refractivity contribution in [3.05, 3.63) is 60.2 Å². The third-order valence-corrected chi connectivity index (χ3v) is 5.13. The summed E-state index contributed by atoms with van der Waals surface area (Å²) < 4.78 is 32.6. The second kappa shape index (κ2) is 16.5.